The predicted molar refractivity (Wildman–Crippen MR) is 139 cm³/mol. The van der Waals surface area contributed by atoms with Crippen molar-refractivity contribution in [3.63, 3.8) is 0 Å². The number of allylic oxidation sites excluding steroid dienone is 1. The highest BCUT2D eigenvalue weighted by Crippen LogP contribution is 2.48. The number of hydrogen-bond acceptors (Lipinski definition) is 4. The van der Waals surface area contributed by atoms with E-state index in [4.69, 9.17) is 0 Å². The molecule has 2 unspecified atom stereocenters. The number of carbonyl (C=O) groups is 3. The van der Waals surface area contributed by atoms with Crippen molar-refractivity contribution in [2.24, 2.45) is 0 Å². The number of carboxylic acid groups (broad SMARTS) is 1. The molecular formula is C30H27FN2O4. The van der Waals surface area contributed by atoms with E-state index in [0.29, 0.717) is 29.1 Å². The van der Waals surface area contributed by atoms with Crippen molar-refractivity contribution in [2.75, 3.05) is 10.2 Å². The maximum Gasteiger partial charge on any atom is 0.303 e. The highest BCUT2D eigenvalue weighted by atomic mass is 19.1. The summed E-state index contributed by atoms with van der Waals surface area (Å²) >= 11 is 0. The SMILES string of the molecule is Cc1ccc(C2CC(=O)C3=C(C2)Nc2ccccc2N(C(=O)CCC(=O)O)C3c2ccccc2F)cc1. The summed E-state index contributed by atoms with van der Waals surface area (Å²) in [4.78, 5) is 40.1. The van der Waals surface area contributed by atoms with Gasteiger partial charge in [-0.1, -0.05) is 60.2 Å². The third-order valence-electron chi connectivity index (χ3n) is 7.06. The number of amides is 1. The van der Waals surface area contributed by atoms with Gasteiger partial charge in [0.15, 0.2) is 5.78 Å². The smallest absolute Gasteiger partial charge is 0.303 e. The van der Waals surface area contributed by atoms with E-state index in [1.54, 1.807) is 36.4 Å². The van der Waals surface area contributed by atoms with Gasteiger partial charge in [-0.2, -0.15) is 0 Å². The fourth-order valence-corrected chi connectivity index (χ4v) is 5.27. The lowest BCUT2D eigenvalue weighted by molar-refractivity contribution is -0.138. The Morgan fingerprint density at radius 2 is 1.68 bits per heavy atom. The molecule has 1 amide bonds. The van der Waals surface area contributed by atoms with Gasteiger partial charge in [-0.15, -0.1) is 0 Å². The van der Waals surface area contributed by atoms with Crippen LogP contribution in [0.15, 0.2) is 84.1 Å². The van der Waals surface area contributed by atoms with Crippen molar-refractivity contribution in [1.82, 2.24) is 0 Å². The average molecular weight is 499 g/mol. The van der Waals surface area contributed by atoms with Gasteiger partial charge in [0.1, 0.15) is 5.82 Å². The summed E-state index contributed by atoms with van der Waals surface area (Å²) in [6.07, 6.45) is 0.0876. The van der Waals surface area contributed by atoms with E-state index >= 15 is 4.39 Å². The molecule has 0 spiro atoms. The lowest BCUT2D eigenvalue weighted by atomic mass is 9.78. The molecule has 3 aromatic rings. The highest BCUT2D eigenvalue weighted by Gasteiger charge is 2.42. The molecule has 6 nitrogen and oxygen atoms in total. The standard InChI is InChI=1S/C30H27FN2O4/c1-18-10-12-19(13-11-18)20-16-24-29(26(34)17-20)30(21-6-2-3-7-22(21)31)33(27(35)14-15-28(36)37)25-9-5-4-8-23(25)32-24/h2-13,20,30,32H,14-17H2,1H3,(H,36,37). The zero-order valence-electron chi connectivity index (χ0n) is 20.4. The molecule has 1 aliphatic heterocycles. The number of fused-ring (bicyclic) bond motifs is 1. The van der Waals surface area contributed by atoms with Crippen molar-refractivity contribution in [2.45, 2.75) is 44.6 Å². The van der Waals surface area contributed by atoms with Crippen molar-refractivity contribution in [3.8, 4) is 0 Å². The number of ketones is 1. The molecule has 0 radical (unpaired) electrons. The van der Waals surface area contributed by atoms with Crippen LogP contribution in [0, 0.1) is 12.7 Å². The van der Waals surface area contributed by atoms with Gasteiger partial charge in [0.05, 0.1) is 23.8 Å². The number of halogens is 1. The minimum atomic E-state index is -1.10. The summed E-state index contributed by atoms with van der Waals surface area (Å²) in [6, 6.07) is 20.3. The van der Waals surface area contributed by atoms with Gasteiger partial charge in [-0.25, -0.2) is 4.39 Å². The summed E-state index contributed by atoms with van der Waals surface area (Å²) in [5.74, 6) is -2.37. The molecule has 2 N–H and O–H groups in total. The van der Waals surface area contributed by atoms with E-state index in [1.165, 1.54) is 11.0 Å². The number of carboxylic acids is 1. The van der Waals surface area contributed by atoms with Gasteiger partial charge in [-0.3, -0.25) is 19.3 Å². The maximum absolute atomic E-state index is 15.3. The fraction of sp³-hybridized carbons (Fsp3) is 0.233. The second-order valence-corrected chi connectivity index (χ2v) is 9.55. The maximum atomic E-state index is 15.3. The van der Waals surface area contributed by atoms with Crippen molar-refractivity contribution >= 4 is 29.0 Å². The third-order valence-corrected chi connectivity index (χ3v) is 7.06. The molecule has 5 rings (SSSR count). The Morgan fingerprint density at radius 3 is 2.41 bits per heavy atom. The van der Waals surface area contributed by atoms with E-state index in [-0.39, 0.29) is 36.5 Å². The number of nitrogens with zero attached hydrogens (tertiary/aromatic N) is 1. The molecule has 2 atom stereocenters. The molecule has 0 saturated carbocycles. The van der Waals surface area contributed by atoms with Crippen molar-refractivity contribution in [1.29, 1.82) is 0 Å². The Labute approximate surface area is 214 Å². The monoisotopic (exact) mass is 498 g/mol. The molecule has 1 aliphatic carbocycles. The predicted octanol–water partition coefficient (Wildman–Crippen LogP) is 5.90. The first-order chi connectivity index (χ1) is 17.8. The minimum absolute atomic E-state index is 0.0676. The molecule has 0 fully saturated rings. The number of aryl methyl sites for hydroxylation is 1. The van der Waals surface area contributed by atoms with E-state index in [9.17, 15) is 19.5 Å². The van der Waals surface area contributed by atoms with Gasteiger partial charge < -0.3 is 10.4 Å². The number of nitrogens with one attached hydrogen (secondary N) is 1. The lowest BCUT2D eigenvalue weighted by Gasteiger charge is -2.35. The number of Topliss-reactive ketones (excluding diaryl/α,β-unsaturated/α-hetero) is 1. The van der Waals surface area contributed by atoms with Crippen LogP contribution in [0.2, 0.25) is 0 Å². The Kier molecular flexibility index (Phi) is 6.61. The van der Waals surface area contributed by atoms with E-state index in [0.717, 1.165) is 11.1 Å². The van der Waals surface area contributed by atoms with E-state index < -0.39 is 23.7 Å². The zero-order valence-corrected chi connectivity index (χ0v) is 20.4. The topological polar surface area (TPSA) is 86.7 Å². The molecule has 2 aliphatic rings. The van der Waals surface area contributed by atoms with Gasteiger partial charge >= 0.3 is 5.97 Å². The van der Waals surface area contributed by atoms with Crippen molar-refractivity contribution < 1.29 is 23.9 Å². The second kappa shape index (κ2) is 10.0. The van der Waals surface area contributed by atoms with Crippen LogP contribution in [0.25, 0.3) is 0 Å². The second-order valence-electron chi connectivity index (χ2n) is 9.55. The summed E-state index contributed by atoms with van der Waals surface area (Å²) in [7, 11) is 0. The molecule has 0 aromatic heterocycles. The fourth-order valence-electron chi connectivity index (χ4n) is 5.27. The molecule has 0 bridgehead atoms. The number of hydrogen-bond donors (Lipinski definition) is 2. The molecule has 37 heavy (non-hydrogen) atoms. The van der Waals surface area contributed by atoms with Gasteiger partial charge in [-0.05, 0) is 43.0 Å². The van der Waals surface area contributed by atoms with E-state index in [2.05, 4.69) is 5.32 Å². The summed E-state index contributed by atoms with van der Waals surface area (Å²) in [5, 5.41) is 12.6. The van der Waals surface area contributed by atoms with Crippen LogP contribution in [0.3, 0.4) is 0 Å². The summed E-state index contributed by atoms with van der Waals surface area (Å²) in [5.41, 5.74) is 4.43. The summed E-state index contributed by atoms with van der Waals surface area (Å²) in [6.45, 7) is 2.01. The number of aliphatic carboxylic acids is 1. The number of carbonyl (C=O) groups excluding carboxylic acids is 2. The Balaban J connectivity index is 1.69. The Hall–Kier alpha value is -4.26. The van der Waals surface area contributed by atoms with Crippen LogP contribution in [-0.2, 0) is 14.4 Å². The van der Waals surface area contributed by atoms with Crippen LogP contribution in [0.4, 0.5) is 15.8 Å². The summed E-state index contributed by atoms with van der Waals surface area (Å²) < 4.78 is 15.3. The molecule has 3 aromatic carbocycles. The lowest BCUT2D eigenvalue weighted by Crippen LogP contribution is -2.39. The van der Waals surface area contributed by atoms with Gasteiger partial charge in [0, 0.05) is 29.7 Å². The van der Waals surface area contributed by atoms with E-state index in [1.807, 2.05) is 37.3 Å². The normalized spacial score (nSPS) is 19.0. The average Bonchev–Trinajstić information content (AvgIpc) is 3.02. The number of para-hydroxylation sites is 2. The molecule has 7 heteroatoms. The Morgan fingerprint density at radius 1 is 0.973 bits per heavy atom. The quantitative estimate of drug-likeness (QED) is 0.457. The largest absolute Gasteiger partial charge is 0.481 e. The van der Waals surface area contributed by atoms with Crippen LogP contribution in [0.1, 0.15) is 54.3 Å². The number of anilines is 2. The van der Waals surface area contributed by atoms with Crippen LogP contribution < -0.4 is 10.2 Å². The molecular weight excluding hydrogens is 471 g/mol. The number of rotatable bonds is 5. The Bertz CT molecular complexity index is 1410. The minimum Gasteiger partial charge on any atom is -0.481 e. The highest BCUT2D eigenvalue weighted by molar-refractivity contribution is 6.06. The van der Waals surface area contributed by atoms with Gasteiger partial charge in [0.25, 0.3) is 0 Å². The first-order valence-corrected chi connectivity index (χ1v) is 12.3. The molecule has 188 valence electrons. The number of benzene rings is 3. The first-order valence-electron chi connectivity index (χ1n) is 12.3. The van der Waals surface area contributed by atoms with Crippen LogP contribution >= 0.6 is 0 Å². The van der Waals surface area contributed by atoms with Crippen LogP contribution in [0.5, 0.6) is 0 Å². The first kappa shape index (κ1) is 24.4. The molecule has 0 saturated heterocycles. The van der Waals surface area contributed by atoms with Crippen LogP contribution in [-0.4, -0.2) is 22.8 Å². The zero-order chi connectivity index (χ0) is 26.1. The molecule has 1 heterocycles. The van der Waals surface area contributed by atoms with Gasteiger partial charge in [0.2, 0.25) is 5.91 Å². The third kappa shape index (κ3) is 4.77. The van der Waals surface area contributed by atoms with Crippen molar-refractivity contribution in [3.05, 3.63) is 107 Å².